The molecule has 0 saturated carbocycles. The number of nitrogens with zero attached hydrogens (tertiary/aromatic N) is 1. The minimum Gasteiger partial charge on any atom is -0.483 e. The molecule has 0 fully saturated rings. The molecule has 166 valence electrons. The first-order chi connectivity index (χ1) is 15.9. The lowest BCUT2D eigenvalue weighted by atomic mass is 10.1. The van der Waals surface area contributed by atoms with Gasteiger partial charge in [0.25, 0.3) is 11.8 Å². The molecule has 3 rings (SSSR count). The van der Waals surface area contributed by atoms with Gasteiger partial charge in [-0.2, -0.15) is 5.26 Å². The van der Waals surface area contributed by atoms with Crippen LogP contribution in [0.15, 0.2) is 72.3 Å². The van der Waals surface area contributed by atoms with Crippen molar-refractivity contribution in [3.63, 3.8) is 0 Å². The van der Waals surface area contributed by atoms with Gasteiger partial charge in [-0.25, -0.2) is 0 Å². The van der Waals surface area contributed by atoms with E-state index in [9.17, 15) is 14.9 Å². The lowest BCUT2D eigenvalue weighted by Crippen LogP contribution is -2.21. The summed E-state index contributed by atoms with van der Waals surface area (Å²) in [6.07, 6.45) is 1.35. The van der Waals surface area contributed by atoms with Crippen molar-refractivity contribution >= 4 is 52.5 Å². The van der Waals surface area contributed by atoms with Gasteiger partial charge in [-0.05, 0) is 61.0 Å². The first kappa shape index (κ1) is 23.9. The molecule has 3 aromatic rings. The van der Waals surface area contributed by atoms with E-state index in [4.69, 9.17) is 27.9 Å². The van der Waals surface area contributed by atoms with Crippen molar-refractivity contribution in [1.29, 1.82) is 5.26 Å². The minimum absolute atomic E-state index is 0.175. The van der Waals surface area contributed by atoms with Crippen molar-refractivity contribution in [3.05, 3.63) is 93.5 Å². The molecule has 0 saturated heterocycles. The van der Waals surface area contributed by atoms with Gasteiger partial charge < -0.3 is 15.4 Å². The van der Waals surface area contributed by atoms with Crippen LogP contribution in [0.1, 0.15) is 11.1 Å². The molecule has 6 nitrogen and oxygen atoms in total. The second kappa shape index (κ2) is 11.2. The number of aryl methyl sites for hydroxylation is 1. The number of anilines is 2. The fourth-order valence-corrected chi connectivity index (χ4v) is 3.25. The second-order valence-electron chi connectivity index (χ2n) is 6.97. The molecule has 0 unspecified atom stereocenters. The Labute approximate surface area is 201 Å². The molecule has 8 heteroatoms. The van der Waals surface area contributed by atoms with Crippen LogP contribution in [0.4, 0.5) is 11.4 Å². The Morgan fingerprint density at radius 3 is 2.48 bits per heavy atom. The number of halogens is 2. The van der Waals surface area contributed by atoms with E-state index in [1.807, 2.05) is 31.2 Å². The Morgan fingerprint density at radius 2 is 1.76 bits per heavy atom. The molecule has 2 amide bonds. The van der Waals surface area contributed by atoms with E-state index in [2.05, 4.69) is 10.6 Å². The van der Waals surface area contributed by atoms with Gasteiger partial charge in [-0.3, -0.25) is 9.59 Å². The Morgan fingerprint density at radius 1 is 1.00 bits per heavy atom. The van der Waals surface area contributed by atoms with Gasteiger partial charge >= 0.3 is 0 Å². The molecule has 0 aliphatic rings. The largest absolute Gasteiger partial charge is 0.483 e. The topological polar surface area (TPSA) is 91.2 Å². The standard InChI is InChI=1S/C25H19Cl2N3O3/c1-16-5-2-3-8-22(16)30-24(31)15-33-23-10-9-20(27)12-17(23)11-18(14-28)25(32)29-21-7-4-6-19(26)13-21/h2-13H,15H2,1H3,(H,29,32)(H,30,31)/b18-11-. The van der Waals surface area contributed by atoms with Gasteiger partial charge in [0.15, 0.2) is 6.61 Å². The fourth-order valence-electron chi connectivity index (χ4n) is 2.88. The number of hydrogen-bond acceptors (Lipinski definition) is 4. The van der Waals surface area contributed by atoms with Crippen molar-refractivity contribution in [2.75, 3.05) is 17.2 Å². The van der Waals surface area contributed by atoms with Gasteiger partial charge in [-0.1, -0.05) is 47.5 Å². The monoisotopic (exact) mass is 479 g/mol. The number of nitrogens with one attached hydrogen (secondary N) is 2. The summed E-state index contributed by atoms with van der Waals surface area (Å²) in [5.41, 5.74) is 2.26. The predicted octanol–water partition coefficient (Wildman–Crippen LogP) is 5.87. The van der Waals surface area contributed by atoms with Crippen LogP contribution in [0.2, 0.25) is 10.0 Å². The molecule has 0 bridgehead atoms. The third-order valence-corrected chi connectivity index (χ3v) is 4.97. The third-order valence-electron chi connectivity index (χ3n) is 4.50. The molecule has 0 heterocycles. The molecule has 0 aliphatic heterocycles. The van der Waals surface area contributed by atoms with Crippen LogP contribution >= 0.6 is 23.2 Å². The van der Waals surface area contributed by atoms with Gasteiger partial charge in [0.05, 0.1) is 0 Å². The predicted molar refractivity (Wildman–Crippen MR) is 130 cm³/mol. The zero-order valence-corrected chi connectivity index (χ0v) is 19.1. The SMILES string of the molecule is Cc1ccccc1NC(=O)COc1ccc(Cl)cc1/C=C(/C#N)C(=O)Nc1cccc(Cl)c1. The Kier molecular flexibility index (Phi) is 8.09. The number of rotatable bonds is 7. The summed E-state index contributed by atoms with van der Waals surface area (Å²) < 4.78 is 5.65. The third kappa shape index (κ3) is 6.84. The summed E-state index contributed by atoms with van der Waals surface area (Å²) in [7, 11) is 0. The van der Waals surface area contributed by atoms with E-state index in [-0.39, 0.29) is 18.1 Å². The van der Waals surface area contributed by atoms with Gasteiger partial charge in [0.1, 0.15) is 17.4 Å². The first-order valence-electron chi connectivity index (χ1n) is 9.82. The summed E-state index contributed by atoms with van der Waals surface area (Å²) in [6, 6.07) is 20.5. The molecule has 0 aliphatic carbocycles. The van der Waals surface area contributed by atoms with E-state index in [1.165, 1.54) is 6.08 Å². The van der Waals surface area contributed by atoms with E-state index in [0.29, 0.717) is 32.7 Å². The summed E-state index contributed by atoms with van der Waals surface area (Å²) in [5, 5.41) is 15.7. The molecule has 33 heavy (non-hydrogen) atoms. The number of amides is 2. The lowest BCUT2D eigenvalue weighted by Gasteiger charge is -2.12. The van der Waals surface area contributed by atoms with Gasteiger partial charge in [0, 0.05) is 27.0 Å². The van der Waals surface area contributed by atoms with E-state index in [0.717, 1.165) is 5.56 Å². The van der Waals surface area contributed by atoms with Crippen molar-refractivity contribution in [1.82, 2.24) is 0 Å². The van der Waals surface area contributed by atoms with Crippen molar-refractivity contribution in [3.8, 4) is 11.8 Å². The van der Waals surface area contributed by atoms with Crippen LogP contribution in [-0.4, -0.2) is 18.4 Å². The maximum Gasteiger partial charge on any atom is 0.266 e. The Bertz CT molecular complexity index is 1270. The lowest BCUT2D eigenvalue weighted by molar-refractivity contribution is -0.118. The molecule has 3 aromatic carbocycles. The van der Waals surface area contributed by atoms with Crippen LogP contribution < -0.4 is 15.4 Å². The van der Waals surface area contributed by atoms with Crippen molar-refractivity contribution in [2.45, 2.75) is 6.92 Å². The molecule has 0 aromatic heterocycles. The van der Waals surface area contributed by atoms with Crippen LogP contribution in [0.5, 0.6) is 5.75 Å². The Hall–Kier alpha value is -3.79. The minimum atomic E-state index is -0.622. The highest BCUT2D eigenvalue weighted by Gasteiger charge is 2.13. The average molecular weight is 480 g/mol. The number of ether oxygens (including phenoxy) is 1. The van der Waals surface area contributed by atoms with Crippen LogP contribution in [0.25, 0.3) is 6.08 Å². The van der Waals surface area contributed by atoms with E-state index >= 15 is 0 Å². The number of hydrogen-bond donors (Lipinski definition) is 2. The number of benzene rings is 3. The highest BCUT2D eigenvalue weighted by molar-refractivity contribution is 6.31. The quantitative estimate of drug-likeness (QED) is 0.327. The summed E-state index contributed by atoms with van der Waals surface area (Å²) in [5.74, 6) is -0.681. The molecular weight excluding hydrogens is 461 g/mol. The summed E-state index contributed by atoms with van der Waals surface area (Å²) in [6.45, 7) is 1.61. The van der Waals surface area contributed by atoms with Crippen molar-refractivity contribution in [2.24, 2.45) is 0 Å². The highest BCUT2D eigenvalue weighted by Crippen LogP contribution is 2.26. The van der Waals surface area contributed by atoms with E-state index < -0.39 is 5.91 Å². The highest BCUT2D eigenvalue weighted by atomic mass is 35.5. The normalized spacial score (nSPS) is 10.8. The number of para-hydroxylation sites is 1. The zero-order chi connectivity index (χ0) is 23.8. The van der Waals surface area contributed by atoms with E-state index in [1.54, 1.807) is 48.5 Å². The number of carbonyl (C=O) groups is 2. The van der Waals surface area contributed by atoms with Crippen molar-refractivity contribution < 1.29 is 14.3 Å². The van der Waals surface area contributed by atoms with Crippen LogP contribution in [-0.2, 0) is 9.59 Å². The number of carbonyl (C=O) groups excluding carboxylic acids is 2. The molecule has 0 spiro atoms. The summed E-state index contributed by atoms with van der Waals surface area (Å²) >= 11 is 12.0. The van der Waals surface area contributed by atoms with Crippen LogP contribution in [0, 0.1) is 18.3 Å². The average Bonchev–Trinajstić information content (AvgIpc) is 2.78. The number of nitriles is 1. The first-order valence-corrected chi connectivity index (χ1v) is 10.6. The Balaban J connectivity index is 1.75. The van der Waals surface area contributed by atoms with Gasteiger partial charge in [0.2, 0.25) is 0 Å². The second-order valence-corrected chi connectivity index (χ2v) is 7.84. The molecule has 2 N–H and O–H groups in total. The molecule has 0 atom stereocenters. The zero-order valence-electron chi connectivity index (χ0n) is 17.6. The van der Waals surface area contributed by atoms with Gasteiger partial charge in [-0.15, -0.1) is 0 Å². The molecule has 0 radical (unpaired) electrons. The maximum atomic E-state index is 12.6. The fraction of sp³-hybridized carbons (Fsp3) is 0.0800. The molecular formula is C25H19Cl2N3O3. The smallest absolute Gasteiger partial charge is 0.266 e. The maximum absolute atomic E-state index is 12.6. The van der Waals surface area contributed by atoms with Crippen LogP contribution in [0.3, 0.4) is 0 Å². The summed E-state index contributed by atoms with van der Waals surface area (Å²) in [4.78, 5) is 24.9.